The highest BCUT2D eigenvalue weighted by Gasteiger charge is 2.29. The third-order valence-electron chi connectivity index (χ3n) is 5.67. The molecule has 33 heavy (non-hydrogen) atoms. The number of hydrogen-bond acceptors (Lipinski definition) is 6. The molecule has 8 nitrogen and oxygen atoms in total. The summed E-state index contributed by atoms with van der Waals surface area (Å²) in [5, 5.41) is 3.10. The summed E-state index contributed by atoms with van der Waals surface area (Å²) >= 11 is 5.88. The number of carbonyl (C=O) groups excluding carboxylic acids is 1. The molecule has 4 rings (SSSR count). The molecule has 1 aliphatic rings. The fourth-order valence-corrected chi connectivity index (χ4v) is 5.25. The lowest BCUT2D eigenvalue weighted by Gasteiger charge is -2.33. The third kappa shape index (κ3) is 5.11. The monoisotopic (exact) mass is 488 g/mol. The molecular weight excluding hydrogens is 464 g/mol. The third-order valence-corrected chi connectivity index (χ3v) is 7.83. The zero-order valence-electron chi connectivity index (χ0n) is 18.4. The maximum absolute atomic E-state index is 12.9. The number of oxazole rings is 1. The fraction of sp³-hybridized carbons (Fsp3) is 0.304. The van der Waals surface area contributed by atoms with Crippen LogP contribution in [0.25, 0.3) is 11.5 Å². The molecular formula is C23H25ClN4O4S. The smallest absolute Gasteiger partial charge is 0.251 e. The maximum Gasteiger partial charge on any atom is 0.251 e. The Morgan fingerprint density at radius 3 is 2.30 bits per heavy atom. The van der Waals surface area contributed by atoms with E-state index in [0.717, 1.165) is 17.0 Å². The Bertz CT molecular complexity index is 1230. The Morgan fingerprint density at radius 1 is 1.06 bits per heavy atom. The minimum atomic E-state index is -3.54. The summed E-state index contributed by atoms with van der Waals surface area (Å²) < 4.78 is 33.1. The minimum absolute atomic E-state index is 0.150. The molecule has 1 aromatic heterocycles. The molecule has 2 aromatic carbocycles. The summed E-state index contributed by atoms with van der Waals surface area (Å²) in [4.78, 5) is 18.8. The number of sulfonamides is 1. The molecule has 174 valence electrons. The Morgan fingerprint density at radius 2 is 1.70 bits per heavy atom. The second kappa shape index (κ2) is 9.64. The van der Waals surface area contributed by atoms with Crippen molar-refractivity contribution in [1.29, 1.82) is 0 Å². The highest BCUT2D eigenvalue weighted by atomic mass is 35.5. The predicted molar refractivity (Wildman–Crippen MR) is 126 cm³/mol. The Hall–Kier alpha value is -2.72. The average Bonchev–Trinajstić information content (AvgIpc) is 3.19. The standard InChI is InChI=1S/C23H25ClN4O4S/c1-16-21(26-23(32-16)18-5-3-17(4-6-18)22(29)25-2)15-27-11-13-28(14-12-27)33(30,31)20-9-7-19(24)8-10-20/h3-10H,11-15H2,1-2H3,(H,25,29). The minimum Gasteiger partial charge on any atom is -0.441 e. The predicted octanol–water partition coefficient (Wildman–Crippen LogP) is 3.17. The number of carbonyl (C=O) groups is 1. The number of halogens is 1. The van der Waals surface area contributed by atoms with Crippen LogP contribution in [0.2, 0.25) is 5.02 Å². The van der Waals surface area contributed by atoms with Crippen molar-refractivity contribution in [2.75, 3.05) is 33.2 Å². The van der Waals surface area contributed by atoms with E-state index in [1.165, 1.54) is 16.4 Å². The second-order valence-electron chi connectivity index (χ2n) is 7.81. The molecule has 1 aliphatic heterocycles. The van der Waals surface area contributed by atoms with Crippen LogP contribution in [-0.2, 0) is 16.6 Å². The fourth-order valence-electron chi connectivity index (χ4n) is 3.70. The lowest BCUT2D eigenvalue weighted by atomic mass is 10.1. The van der Waals surface area contributed by atoms with E-state index in [-0.39, 0.29) is 10.8 Å². The number of benzene rings is 2. The summed E-state index contributed by atoms with van der Waals surface area (Å²) in [6.45, 7) is 4.42. The summed E-state index contributed by atoms with van der Waals surface area (Å²) in [5.74, 6) is 1.06. The number of nitrogens with zero attached hydrogens (tertiary/aromatic N) is 3. The van der Waals surface area contributed by atoms with E-state index >= 15 is 0 Å². The van der Waals surface area contributed by atoms with Crippen LogP contribution in [0.15, 0.2) is 57.8 Å². The van der Waals surface area contributed by atoms with Gasteiger partial charge in [-0.25, -0.2) is 13.4 Å². The molecule has 1 amide bonds. The van der Waals surface area contributed by atoms with Crippen molar-refractivity contribution >= 4 is 27.5 Å². The van der Waals surface area contributed by atoms with Crippen molar-refractivity contribution in [1.82, 2.24) is 19.5 Å². The van der Waals surface area contributed by atoms with E-state index in [1.54, 1.807) is 43.4 Å². The molecule has 2 heterocycles. The van der Waals surface area contributed by atoms with Crippen LogP contribution >= 0.6 is 11.6 Å². The SMILES string of the molecule is CNC(=O)c1ccc(-c2nc(CN3CCN(S(=O)(=O)c4ccc(Cl)cc4)CC3)c(C)o2)cc1. The largest absolute Gasteiger partial charge is 0.441 e. The van der Waals surface area contributed by atoms with Crippen molar-refractivity contribution in [3.8, 4) is 11.5 Å². The number of piperazine rings is 1. The molecule has 0 atom stereocenters. The van der Waals surface area contributed by atoms with E-state index in [4.69, 9.17) is 16.0 Å². The lowest BCUT2D eigenvalue weighted by Crippen LogP contribution is -2.48. The van der Waals surface area contributed by atoms with E-state index in [2.05, 4.69) is 15.2 Å². The number of nitrogens with one attached hydrogen (secondary N) is 1. The van der Waals surface area contributed by atoms with E-state index in [9.17, 15) is 13.2 Å². The van der Waals surface area contributed by atoms with Gasteiger partial charge in [0.25, 0.3) is 5.91 Å². The number of aryl methyl sites for hydroxylation is 1. The molecule has 0 radical (unpaired) electrons. The Kier molecular flexibility index (Phi) is 6.85. The van der Waals surface area contributed by atoms with E-state index in [1.807, 2.05) is 6.92 Å². The van der Waals surface area contributed by atoms with Crippen LogP contribution in [0.5, 0.6) is 0 Å². The van der Waals surface area contributed by atoms with Gasteiger partial charge >= 0.3 is 0 Å². The van der Waals surface area contributed by atoms with Gasteiger partial charge < -0.3 is 9.73 Å². The van der Waals surface area contributed by atoms with Crippen LogP contribution < -0.4 is 5.32 Å². The van der Waals surface area contributed by atoms with Crippen LogP contribution in [0.4, 0.5) is 0 Å². The zero-order valence-corrected chi connectivity index (χ0v) is 20.0. The molecule has 0 aliphatic carbocycles. The van der Waals surface area contributed by atoms with Crippen molar-refractivity contribution in [3.05, 3.63) is 70.6 Å². The van der Waals surface area contributed by atoms with Crippen molar-refractivity contribution in [2.45, 2.75) is 18.4 Å². The van der Waals surface area contributed by atoms with Gasteiger partial charge in [0, 0.05) is 55.9 Å². The van der Waals surface area contributed by atoms with Gasteiger partial charge in [-0.2, -0.15) is 4.31 Å². The van der Waals surface area contributed by atoms with E-state index in [0.29, 0.717) is 49.2 Å². The maximum atomic E-state index is 12.9. The normalized spacial score (nSPS) is 15.5. The first-order valence-corrected chi connectivity index (χ1v) is 12.4. The number of hydrogen-bond donors (Lipinski definition) is 1. The van der Waals surface area contributed by atoms with Gasteiger partial charge in [-0.05, 0) is 55.5 Å². The van der Waals surface area contributed by atoms with Gasteiger partial charge in [0.15, 0.2) is 0 Å². The Balaban J connectivity index is 1.39. The summed E-state index contributed by atoms with van der Waals surface area (Å²) in [6.07, 6.45) is 0. The number of rotatable bonds is 6. The number of amides is 1. The van der Waals surface area contributed by atoms with Crippen molar-refractivity contribution < 1.29 is 17.6 Å². The van der Waals surface area contributed by atoms with Crippen LogP contribution in [0.1, 0.15) is 21.8 Å². The lowest BCUT2D eigenvalue weighted by molar-refractivity contribution is 0.0963. The van der Waals surface area contributed by atoms with Crippen LogP contribution in [-0.4, -0.2) is 61.7 Å². The van der Waals surface area contributed by atoms with Crippen LogP contribution in [0, 0.1) is 6.92 Å². The molecule has 1 saturated heterocycles. The molecule has 0 saturated carbocycles. The first-order valence-electron chi connectivity index (χ1n) is 10.5. The summed E-state index contributed by atoms with van der Waals surface area (Å²) in [5.41, 5.74) is 2.17. The van der Waals surface area contributed by atoms with Crippen molar-refractivity contribution in [2.24, 2.45) is 0 Å². The zero-order chi connectivity index (χ0) is 23.6. The highest BCUT2D eigenvalue weighted by molar-refractivity contribution is 7.89. The van der Waals surface area contributed by atoms with Gasteiger partial charge in [-0.3, -0.25) is 9.69 Å². The van der Waals surface area contributed by atoms with Crippen molar-refractivity contribution in [3.63, 3.8) is 0 Å². The van der Waals surface area contributed by atoms with Gasteiger partial charge in [0.2, 0.25) is 15.9 Å². The molecule has 1 fully saturated rings. The quantitative estimate of drug-likeness (QED) is 0.572. The Labute approximate surface area is 198 Å². The molecule has 0 unspecified atom stereocenters. The van der Waals surface area contributed by atoms with Gasteiger partial charge in [-0.1, -0.05) is 11.6 Å². The van der Waals surface area contributed by atoms with Crippen LogP contribution in [0.3, 0.4) is 0 Å². The molecule has 3 aromatic rings. The first-order chi connectivity index (χ1) is 15.8. The number of aromatic nitrogens is 1. The molecule has 0 spiro atoms. The second-order valence-corrected chi connectivity index (χ2v) is 10.2. The molecule has 10 heteroatoms. The summed E-state index contributed by atoms with van der Waals surface area (Å²) in [7, 11) is -1.95. The average molecular weight is 489 g/mol. The summed E-state index contributed by atoms with van der Waals surface area (Å²) in [6, 6.07) is 13.3. The van der Waals surface area contributed by atoms with E-state index < -0.39 is 10.0 Å². The molecule has 0 bridgehead atoms. The van der Waals surface area contributed by atoms with Gasteiger partial charge in [0.05, 0.1) is 10.6 Å². The highest BCUT2D eigenvalue weighted by Crippen LogP contribution is 2.24. The topological polar surface area (TPSA) is 95.8 Å². The first kappa shape index (κ1) is 23.4. The van der Waals surface area contributed by atoms with Gasteiger partial charge in [-0.15, -0.1) is 0 Å². The van der Waals surface area contributed by atoms with Gasteiger partial charge in [0.1, 0.15) is 5.76 Å². The molecule has 1 N–H and O–H groups in total.